The van der Waals surface area contributed by atoms with Gasteiger partial charge in [0.1, 0.15) is 11.4 Å². The van der Waals surface area contributed by atoms with Crippen molar-refractivity contribution in [2.75, 3.05) is 13.1 Å². The van der Waals surface area contributed by atoms with E-state index in [1.807, 2.05) is 33.0 Å². The van der Waals surface area contributed by atoms with Crippen LogP contribution in [0.5, 0.6) is 0 Å². The van der Waals surface area contributed by atoms with Gasteiger partial charge in [-0.05, 0) is 51.0 Å². The Morgan fingerprint density at radius 2 is 2.13 bits per heavy atom. The molecule has 1 amide bonds. The first-order chi connectivity index (χ1) is 10.8. The summed E-state index contributed by atoms with van der Waals surface area (Å²) in [7, 11) is 0. The van der Waals surface area contributed by atoms with Gasteiger partial charge in [0.2, 0.25) is 0 Å². The average Bonchev–Trinajstić information content (AvgIpc) is 2.88. The van der Waals surface area contributed by atoms with E-state index >= 15 is 0 Å². The van der Waals surface area contributed by atoms with Crippen LogP contribution in [0.3, 0.4) is 0 Å². The number of nitrogens with zero attached hydrogens (tertiary/aromatic N) is 1. The Morgan fingerprint density at radius 3 is 2.78 bits per heavy atom. The fourth-order valence-electron chi connectivity index (χ4n) is 2.76. The molecule has 0 bridgehead atoms. The molecular weight excluding hydrogens is 295 g/mol. The molecule has 0 aliphatic carbocycles. The number of aromatic amines is 1. The lowest BCUT2D eigenvalue weighted by Crippen LogP contribution is -2.39. The summed E-state index contributed by atoms with van der Waals surface area (Å²) in [5.74, 6) is -0.245. The van der Waals surface area contributed by atoms with Crippen molar-refractivity contribution in [1.29, 1.82) is 0 Å². The van der Waals surface area contributed by atoms with Gasteiger partial charge in [-0.25, -0.2) is 9.18 Å². The van der Waals surface area contributed by atoms with Gasteiger partial charge in [0, 0.05) is 35.8 Å². The van der Waals surface area contributed by atoms with E-state index in [1.54, 1.807) is 17.0 Å². The van der Waals surface area contributed by atoms with Gasteiger partial charge in [-0.2, -0.15) is 0 Å². The summed E-state index contributed by atoms with van der Waals surface area (Å²) >= 11 is 0. The van der Waals surface area contributed by atoms with E-state index in [1.165, 1.54) is 6.07 Å². The maximum Gasteiger partial charge on any atom is 0.410 e. The lowest BCUT2D eigenvalue weighted by atomic mass is 9.99. The molecule has 0 fully saturated rings. The van der Waals surface area contributed by atoms with Crippen LogP contribution in [0.15, 0.2) is 30.5 Å². The number of aromatic nitrogens is 1. The predicted molar refractivity (Wildman–Crippen MR) is 88.7 cm³/mol. The Morgan fingerprint density at radius 1 is 1.35 bits per heavy atom. The Kier molecular flexibility index (Phi) is 3.88. The van der Waals surface area contributed by atoms with Crippen LogP contribution < -0.4 is 0 Å². The molecule has 3 rings (SSSR count). The molecular formula is C18H21FN2O2. The van der Waals surface area contributed by atoms with Gasteiger partial charge in [0.15, 0.2) is 0 Å². The first-order valence-electron chi connectivity index (χ1n) is 7.77. The van der Waals surface area contributed by atoms with Crippen molar-refractivity contribution >= 4 is 22.6 Å². The van der Waals surface area contributed by atoms with Gasteiger partial charge in [-0.15, -0.1) is 0 Å². The zero-order chi connectivity index (χ0) is 16.6. The largest absolute Gasteiger partial charge is 0.444 e. The molecule has 0 saturated heterocycles. The maximum atomic E-state index is 13.5. The number of carbonyl (C=O) groups excluding carboxylic acids is 1. The Hall–Kier alpha value is -2.30. The molecule has 23 heavy (non-hydrogen) atoms. The van der Waals surface area contributed by atoms with E-state index in [4.69, 9.17) is 4.74 Å². The minimum absolute atomic E-state index is 0.245. The third kappa shape index (κ3) is 3.38. The minimum atomic E-state index is -0.491. The van der Waals surface area contributed by atoms with Crippen molar-refractivity contribution in [2.24, 2.45) is 0 Å². The van der Waals surface area contributed by atoms with Crippen LogP contribution in [0.2, 0.25) is 0 Å². The molecule has 4 nitrogen and oxygen atoms in total. The van der Waals surface area contributed by atoms with E-state index in [0.29, 0.717) is 13.1 Å². The number of fused-ring (bicyclic) bond motifs is 1. The third-order valence-corrected chi connectivity index (χ3v) is 3.85. The van der Waals surface area contributed by atoms with Crippen LogP contribution in [-0.4, -0.2) is 34.7 Å². The highest BCUT2D eigenvalue weighted by molar-refractivity contribution is 5.93. The Balaban J connectivity index is 1.78. The van der Waals surface area contributed by atoms with E-state index in [2.05, 4.69) is 4.98 Å². The Bertz CT molecular complexity index is 771. The van der Waals surface area contributed by atoms with Crippen LogP contribution in [0.4, 0.5) is 9.18 Å². The number of amides is 1. The second-order valence-corrected chi connectivity index (χ2v) is 6.80. The molecule has 0 unspecified atom stereocenters. The van der Waals surface area contributed by atoms with Gasteiger partial charge in [-0.3, -0.25) is 0 Å². The summed E-state index contributed by atoms with van der Waals surface area (Å²) < 4.78 is 18.9. The van der Waals surface area contributed by atoms with Crippen LogP contribution >= 0.6 is 0 Å². The van der Waals surface area contributed by atoms with Crippen LogP contribution in [0.25, 0.3) is 16.5 Å². The number of halogens is 1. The van der Waals surface area contributed by atoms with Crippen molar-refractivity contribution in [3.05, 3.63) is 41.9 Å². The summed E-state index contributed by atoms with van der Waals surface area (Å²) in [5, 5.41) is 0.877. The van der Waals surface area contributed by atoms with E-state index < -0.39 is 5.60 Å². The van der Waals surface area contributed by atoms with Gasteiger partial charge in [0.05, 0.1) is 0 Å². The molecule has 1 N–H and O–H groups in total. The van der Waals surface area contributed by atoms with Crippen LogP contribution in [-0.2, 0) is 4.74 Å². The second-order valence-electron chi connectivity index (χ2n) is 6.80. The van der Waals surface area contributed by atoms with Crippen molar-refractivity contribution in [3.63, 3.8) is 0 Å². The molecule has 1 aliphatic rings. The molecule has 2 heterocycles. The van der Waals surface area contributed by atoms with E-state index in [0.717, 1.165) is 28.5 Å². The minimum Gasteiger partial charge on any atom is -0.444 e. The quantitative estimate of drug-likeness (QED) is 0.851. The number of hydrogen-bond acceptors (Lipinski definition) is 2. The highest BCUT2D eigenvalue weighted by Gasteiger charge is 2.24. The number of hydrogen-bond donors (Lipinski definition) is 1. The summed E-state index contributed by atoms with van der Waals surface area (Å²) in [6.07, 6.45) is 4.35. The number of benzene rings is 1. The van der Waals surface area contributed by atoms with E-state index in [-0.39, 0.29) is 11.9 Å². The first kappa shape index (κ1) is 15.6. The standard InChI is InChI=1S/C18H21FN2O2/c1-18(2,3)23-17(22)21-8-6-12(7-9-21)15-11-20-16-5-4-13(19)10-14(15)16/h4-6,10-11,20H,7-9H2,1-3H3. The molecule has 5 heteroatoms. The highest BCUT2D eigenvalue weighted by Crippen LogP contribution is 2.30. The molecule has 122 valence electrons. The summed E-state index contributed by atoms with van der Waals surface area (Å²) in [6.45, 7) is 6.68. The zero-order valence-corrected chi connectivity index (χ0v) is 13.6. The first-order valence-corrected chi connectivity index (χ1v) is 7.77. The van der Waals surface area contributed by atoms with Gasteiger partial charge >= 0.3 is 6.09 Å². The number of H-pyrrole nitrogens is 1. The number of nitrogens with one attached hydrogen (secondary N) is 1. The lowest BCUT2D eigenvalue weighted by Gasteiger charge is -2.29. The molecule has 1 aromatic heterocycles. The third-order valence-electron chi connectivity index (χ3n) is 3.85. The van der Waals surface area contributed by atoms with Crippen LogP contribution in [0.1, 0.15) is 32.8 Å². The predicted octanol–water partition coefficient (Wildman–Crippen LogP) is 4.33. The molecule has 1 aromatic carbocycles. The molecule has 1 aliphatic heterocycles. The zero-order valence-electron chi connectivity index (χ0n) is 13.6. The maximum absolute atomic E-state index is 13.5. The smallest absolute Gasteiger partial charge is 0.410 e. The molecule has 0 saturated carbocycles. The molecule has 2 aromatic rings. The number of carbonyl (C=O) groups is 1. The molecule has 0 radical (unpaired) electrons. The van der Waals surface area contributed by atoms with Crippen molar-refractivity contribution < 1.29 is 13.9 Å². The summed E-state index contributed by atoms with van der Waals surface area (Å²) in [6, 6.07) is 4.73. The number of rotatable bonds is 1. The van der Waals surface area contributed by atoms with Gasteiger partial charge in [-0.1, -0.05) is 6.08 Å². The molecule has 0 spiro atoms. The van der Waals surface area contributed by atoms with Crippen molar-refractivity contribution in [1.82, 2.24) is 9.88 Å². The Labute approximate surface area is 134 Å². The van der Waals surface area contributed by atoms with Crippen LogP contribution in [0, 0.1) is 5.82 Å². The highest BCUT2D eigenvalue weighted by atomic mass is 19.1. The SMILES string of the molecule is CC(C)(C)OC(=O)N1CC=C(c2c[nH]c3ccc(F)cc23)CC1. The van der Waals surface area contributed by atoms with Crippen molar-refractivity contribution in [3.8, 4) is 0 Å². The second kappa shape index (κ2) is 5.72. The van der Waals surface area contributed by atoms with Gasteiger partial charge < -0.3 is 14.6 Å². The summed E-state index contributed by atoms with van der Waals surface area (Å²) in [4.78, 5) is 16.9. The fourth-order valence-corrected chi connectivity index (χ4v) is 2.76. The lowest BCUT2D eigenvalue weighted by molar-refractivity contribution is 0.0270. The normalized spacial score (nSPS) is 15.7. The summed E-state index contributed by atoms with van der Waals surface area (Å²) in [5.41, 5.74) is 2.55. The topological polar surface area (TPSA) is 45.3 Å². The molecule has 0 atom stereocenters. The van der Waals surface area contributed by atoms with E-state index in [9.17, 15) is 9.18 Å². The average molecular weight is 316 g/mol. The fraction of sp³-hybridized carbons (Fsp3) is 0.389. The van der Waals surface area contributed by atoms with Gasteiger partial charge in [0.25, 0.3) is 0 Å². The monoisotopic (exact) mass is 316 g/mol. The van der Waals surface area contributed by atoms with Crippen molar-refractivity contribution in [2.45, 2.75) is 32.8 Å². The number of ether oxygens (including phenoxy) is 1.